The lowest BCUT2D eigenvalue weighted by Gasteiger charge is -2.14. The second kappa shape index (κ2) is 6.21. The van der Waals surface area contributed by atoms with Crippen LogP contribution in [0.4, 0.5) is 5.69 Å². The molecule has 1 amide bonds. The van der Waals surface area contributed by atoms with Crippen molar-refractivity contribution in [2.45, 2.75) is 32.0 Å². The summed E-state index contributed by atoms with van der Waals surface area (Å²) in [5.74, 6) is -0.924. The lowest BCUT2D eigenvalue weighted by molar-refractivity contribution is -0.150. The van der Waals surface area contributed by atoms with Gasteiger partial charge in [-0.25, -0.2) is 9.78 Å². The number of hydrogen-bond donors (Lipinski definition) is 2. The summed E-state index contributed by atoms with van der Waals surface area (Å²) in [6.07, 6.45) is 2.09. The predicted molar refractivity (Wildman–Crippen MR) is 80.8 cm³/mol. The highest BCUT2D eigenvalue weighted by molar-refractivity contribution is 5.96. The van der Waals surface area contributed by atoms with Crippen LogP contribution in [-0.4, -0.2) is 34.2 Å². The fourth-order valence-corrected chi connectivity index (χ4v) is 2.48. The van der Waals surface area contributed by atoms with Crippen molar-refractivity contribution in [2.75, 3.05) is 5.32 Å². The quantitative estimate of drug-likeness (QED) is 0.896. The van der Waals surface area contributed by atoms with Crippen LogP contribution >= 0.6 is 0 Å². The highest BCUT2D eigenvalue weighted by Crippen LogP contribution is 2.26. The van der Waals surface area contributed by atoms with Gasteiger partial charge in [0, 0.05) is 11.3 Å². The second-order valence-electron chi connectivity index (χ2n) is 5.39. The summed E-state index contributed by atoms with van der Waals surface area (Å²) < 4.78 is 10.5. The third-order valence-corrected chi connectivity index (χ3v) is 3.76. The van der Waals surface area contributed by atoms with Crippen molar-refractivity contribution in [1.29, 1.82) is 0 Å². The average molecular weight is 316 g/mol. The van der Waals surface area contributed by atoms with E-state index < -0.39 is 18.2 Å². The zero-order valence-corrected chi connectivity index (χ0v) is 12.5. The number of oxazole rings is 1. The van der Waals surface area contributed by atoms with Crippen molar-refractivity contribution in [1.82, 2.24) is 4.98 Å². The molecule has 1 aromatic heterocycles. The number of aromatic nitrogens is 1. The number of carbonyl (C=O) groups excluding carboxylic acids is 1. The number of ether oxygens (including phenoxy) is 1. The van der Waals surface area contributed by atoms with Crippen molar-refractivity contribution in [3.05, 3.63) is 36.2 Å². The molecule has 23 heavy (non-hydrogen) atoms. The maximum atomic E-state index is 12.3. The van der Waals surface area contributed by atoms with Crippen LogP contribution in [0.15, 0.2) is 35.1 Å². The summed E-state index contributed by atoms with van der Waals surface area (Å²) in [6, 6.07) is 5.47. The molecule has 120 valence electrons. The van der Waals surface area contributed by atoms with E-state index in [1.54, 1.807) is 12.3 Å². The minimum absolute atomic E-state index is 0.336. The second-order valence-corrected chi connectivity index (χ2v) is 5.39. The molecule has 2 aromatic rings. The number of amides is 1. The summed E-state index contributed by atoms with van der Waals surface area (Å²) in [6.45, 7) is 1.87. The van der Waals surface area contributed by atoms with Crippen LogP contribution in [0.5, 0.6) is 0 Å². The Morgan fingerprint density at radius 2 is 2.09 bits per heavy atom. The number of nitrogens with one attached hydrogen (secondary N) is 1. The smallest absolute Gasteiger partial charge is 0.332 e. The van der Waals surface area contributed by atoms with Crippen molar-refractivity contribution in [2.24, 2.45) is 0 Å². The molecule has 1 saturated heterocycles. The molecule has 0 aliphatic carbocycles. The molecule has 1 aromatic carbocycles. The van der Waals surface area contributed by atoms with Gasteiger partial charge >= 0.3 is 5.97 Å². The molecule has 0 bridgehead atoms. The van der Waals surface area contributed by atoms with Crippen LogP contribution in [0.2, 0.25) is 0 Å². The molecule has 0 unspecified atom stereocenters. The molecule has 3 rings (SSSR count). The highest BCUT2D eigenvalue weighted by Gasteiger charge is 2.34. The van der Waals surface area contributed by atoms with Crippen molar-refractivity contribution < 1.29 is 23.8 Å². The van der Waals surface area contributed by atoms with E-state index in [9.17, 15) is 9.59 Å². The number of anilines is 1. The standard InChI is InChI=1S/C16H16N2O5/c1-9-2-3-10(15-17-6-7-22-15)8-11(9)18-14(19)12-4-5-13(23-12)16(20)21/h2-3,6-8,12-13H,4-5H2,1H3,(H,18,19)(H,20,21)/t12-,13+/m0/s1. The summed E-state index contributed by atoms with van der Waals surface area (Å²) in [5.41, 5.74) is 2.24. The minimum atomic E-state index is -1.04. The lowest BCUT2D eigenvalue weighted by Crippen LogP contribution is -2.30. The predicted octanol–water partition coefficient (Wildman–Crippen LogP) is 2.22. The van der Waals surface area contributed by atoms with E-state index in [1.807, 2.05) is 19.1 Å². The molecule has 1 fully saturated rings. The van der Waals surface area contributed by atoms with Gasteiger partial charge in [0.25, 0.3) is 5.91 Å². The Morgan fingerprint density at radius 1 is 1.30 bits per heavy atom. The van der Waals surface area contributed by atoms with Crippen LogP contribution in [-0.2, 0) is 14.3 Å². The summed E-state index contributed by atoms with van der Waals surface area (Å²) in [5, 5.41) is 11.7. The molecule has 0 spiro atoms. The fraction of sp³-hybridized carbons (Fsp3) is 0.312. The highest BCUT2D eigenvalue weighted by atomic mass is 16.5. The first-order chi connectivity index (χ1) is 11.0. The normalized spacial score (nSPS) is 20.4. The van der Waals surface area contributed by atoms with Crippen molar-refractivity contribution in [3.63, 3.8) is 0 Å². The third kappa shape index (κ3) is 3.24. The number of carboxylic acids is 1. The van der Waals surface area contributed by atoms with Gasteiger partial charge in [-0.05, 0) is 37.5 Å². The Morgan fingerprint density at radius 3 is 2.74 bits per heavy atom. The van der Waals surface area contributed by atoms with Gasteiger partial charge in [-0.1, -0.05) is 6.07 Å². The number of benzene rings is 1. The van der Waals surface area contributed by atoms with E-state index in [2.05, 4.69) is 10.3 Å². The molecule has 0 saturated carbocycles. The van der Waals surface area contributed by atoms with E-state index in [0.29, 0.717) is 24.4 Å². The van der Waals surface area contributed by atoms with Gasteiger partial charge in [0.05, 0.1) is 6.20 Å². The molecule has 0 radical (unpaired) electrons. The van der Waals surface area contributed by atoms with Gasteiger partial charge in [-0.15, -0.1) is 0 Å². The van der Waals surface area contributed by atoms with Crippen LogP contribution in [0.1, 0.15) is 18.4 Å². The summed E-state index contributed by atoms with van der Waals surface area (Å²) in [7, 11) is 0. The molecule has 2 N–H and O–H groups in total. The third-order valence-electron chi connectivity index (χ3n) is 3.76. The van der Waals surface area contributed by atoms with E-state index in [0.717, 1.165) is 11.1 Å². The molecule has 1 aliphatic rings. The summed E-state index contributed by atoms with van der Waals surface area (Å²) in [4.78, 5) is 27.2. The fourth-order valence-electron chi connectivity index (χ4n) is 2.48. The number of hydrogen-bond acceptors (Lipinski definition) is 5. The molecule has 2 heterocycles. The summed E-state index contributed by atoms with van der Waals surface area (Å²) >= 11 is 0. The zero-order valence-electron chi connectivity index (χ0n) is 12.5. The van der Waals surface area contributed by atoms with Gasteiger partial charge in [-0.3, -0.25) is 4.79 Å². The SMILES string of the molecule is Cc1ccc(-c2ncco2)cc1NC(=O)[C@@H]1CC[C@H](C(=O)O)O1. The number of nitrogens with zero attached hydrogens (tertiary/aromatic N) is 1. The Bertz CT molecular complexity index is 726. The maximum absolute atomic E-state index is 12.3. The zero-order chi connectivity index (χ0) is 16.4. The number of rotatable bonds is 4. The van der Waals surface area contributed by atoms with Gasteiger partial charge < -0.3 is 19.6 Å². The number of carboxylic acid groups (broad SMARTS) is 1. The van der Waals surface area contributed by atoms with Gasteiger partial charge in [0.1, 0.15) is 12.4 Å². The molecular formula is C16H16N2O5. The molecule has 7 heteroatoms. The Hall–Kier alpha value is -2.67. The van der Waals surface area contributed by atoms with Crippen molar-refractivity contribution >= 4 is 17.6 Å². The van der Waals surface area contributed by atoms with Crippen molar-refractivity contribution in [3.8, 4) is 11.5 Å². The monoisotopic (exact) mass is 316 g/mol. The van der Waals surface area contributed by atoms with E-state index >= 15 is 0 Å². The lowest BCUT2D eigenvalue weighted by atomic mass is 10.1. The van der Waals surface area contributed by atoms with E-state index in [1.165, 1.54) is 6.26 Å². The molecule has 2 atom stereocenters. The molecule has 1 aliphatic heterocycles. The topological polar surface area (TPSA) is 102 Å². The first-order valence-corrected chi connectivity index (χ1v) is 7.24. The first-order valence-electron chi connectivity index (χ1n) is 7.24. The first kappa shape index (κ1) is 15.2. The average Bonchev–Trinajstić information content (AvgIpc) is 3.21. The van der Waals surface area contributed by atoms with Gasteiger partial charge in [0.15, 0.2) is 6.10 Å². The van der Waals surface area contributed by atoms with E-state index in [4.69, 9.17) is 14.3 Å². The molecular weight excluding hydrogens is 300 g/mol. The maximum Gasteiger partial charge on any atom is 0.332 e. The number of carbonyl (C=O) groups is 2. The van der Waals surface area contributed by atoms with Gasteiger partial charge in [-0.2, -0.15) is 0 Å². The van der Waals surface area contributed by atoms with Crippen LogP contribution in [0.25, 0.3) is 11.5 Å². The Kier molecular flexibility index (Phi) is 4.12. The van der Waals surface area contributed by atoms with Gasteiger partial charge in [0.2, 0.25) is 5.89 Å². The Balaban J connectivity index is 1.74. The van der Waals surface area contributed by atoms with E-state index in [-0.39, 0.29) is 5.91 Å². The Labute approximate surface area is 132 Å². The van der Waals surface area contributed by atoms with Crippen LogP contribution in [0.3, 0.4) is 0 Å². The largest absolute Gasteiger partial charge is 0.479 e. The van der Waals surface area contributed by atoms with Crippen LogP contribution in [0, 0.1) is 6.92 Å². The number of aryl methyl sites for hydroxylation is 1. The molecule has 7 nitrogen and oxygen atoms in total. The minimum Gasteiger partial charge on any atom is -0.479 e. The number of aliphatic carboxylic acids is 1. The van der Waals surface area contributed by atoms with Crippen LogP contribution < -0.4 is 5.32 Å².